The van der Waals surface area contributed by atoms with Gasteiger partial charge in [-0.05, 0) is 56.9 Å². The second kappa shape index (κ2) is 9.81. The first kappa shape index (κ1) is 23.9. The largest absolute Gasteiger partial charge is 0.507 e. The molecule has 1 fully saturated rings. The van der Waals surface area contributed by atoms with Crippen LogP contribution in [0.1, 0.15) is 24.1 Å². The van der Waals surface area contributed by atoms with Crippen molar-refractivity contribution >= 4 is 40.7 Å². The number of hydrogen-bond donors (Lipinski definition) is 2. The number of likely N-dealkylation sites (tertiary alicyclic amines) is 1. The molecule has 1 atom stereocenters. The molecule has 32 heavy (non-hydrogen) atoms. The summed E-state index contributed by atoms with van der Waals surface area (Å²) in [7, 11) is 3.70. The number of phenols is 1. The van der Waals surface area contributed by atoms with E-state index in [1.165, 1.54) is 23.1 Å². The number of aromatic hydroxyl groups is 1. The van der Waals surface area contributed by atoms with Crippen molar-refractivity contribution in [3.63, 3.8) is 0 Å². The maximum Gasteiger partial charge on any atom is 0.295 e. The van der Waals surface area contributed by atoms with Crippen LogP contribution in [0.4, 0.5) is 0 Å². The van der Waals surface area contributed by atoms with E-state index >= 15 is 0 Å². The van der Waals surface area contributed by atoms with Crippen LogP contribution >= 0.6 is 23.2 Å². The lowest BCUT2D eigenvalue weighted by Crippen LogP contribution is -2.35. The van der Waals surface area contributed by atoms with Crippen LogP contribution in [0.5, 0.6) is 11.5 Å². The number of aliphatic hydroxyl groups is 1. The molecule has 9 heteroatoms. The number of rotatable bonds is 7. The minimum absolute atomic E-state index is 0.0667. The summed E-state index contributed by atoms with van der Waals surface area (Å²) < 4.78 is 5.48. The van der Waals surface area contributed by atoms with Gasteiger partial charge in [-0.25, -0.2) is 0 Å². The molecule has 1 aliphatic rings. The molecule has 7 nitrogen and oxygen atoms in total. The zero-order valence-electron chi connectivity index (χ0n) is 17.9. The first-order chi connectivity index (χ1) is 15.1. The lowest BCUT2D eigenvalue weighted by molar-refractivity contribution is -0.140. The quantitative estimate of drug-likeness (QED) is 0.354. The van der Waals surface area contributed by atoms with Crippen LogP contribution in [0.3, 0.4) is 0 Å². The van der Waals surface area contributed by atoms with Crippen molar-refractivity contribution in [2.24, 2.45) is 0 Å². The van der Waals surface area contributed by atoms with Gasteiger partial charge in [0.1, 0.15) is 17.3 Å². The van der Waals surface area contributed by atoms with Gasteiger partial charge in [0.15, 0.2) is 0 Å². The number of nitrogens with zero attached hydrogens (tertiary/aromatic N) is 2. The van der Waals surface area contributed by atoms with Gasteiger partial charge in [-0.2, -0.15) is 0 Å². The second-order valence-electron chi connectivity index (χ2n) is 7.58. The number of amides is 1. The van der Waals surface area contributed by atoms with Crippen LogP contribution in [-0.4, -0.2) is 65.5 Å². The standard InChI is InChI=1S/C23H24Cl2N2O5/c1-4-32-14-6-7-16(24)15(12-14)21(29)19-20(13-5-8-18(28)17(25)11-13)27(10-9-26(2)3)23(31)22(19)30/h5-8,11-12,20,28-29H,4,9-10H2,1-3H3/b21-19+. The SMILES string of the molecule is CCOc1ccc(Cl)c(/C(O)=C2\C(=O)C(=O)N(CCN(C)C)C2c2ccc(O)c(Cl)c2)c1. The number of benzene rings is 2. The van der Waals surface area contributed by atoms with Gasteiger partial charge in [0, 0.05) is 18.7 Å². The molecule has 0 radical (unpaired) electrons. The van der Waals surface area contributed by atoms with E-state index in [0.717, 1.165) is 0 Å². The van der Waals surface area contributed by atoms with Crippen LogP contribution in [0.2, 0.25) is 10.0 Å². The fourth-order valence-corrected chi connectivity index (χ4v) is 3.94. The van der Waals surface area contributed by atoms with E-state index in [2.05, 4.69) is 0 Å². The van der Waals surface area contributed by atoms with Gasteiger partial charge in [-0.3, -0.25) is 9.59 Å². The Balaban J connectivity index is 2.20. The lowest BCUT2D eigenvalue weighted by Gasteiger charge is -2.27. The molecular formula is C23H24Cl2N2O5. The Morgan fingerprint density at radius 1 is 1.12 bits per heavy atom. The summed E-state index contributed by atoms with van der Waals surface area (Å²) in [6, 6.07) is 8.24. The smallest absolute Gasteiger partial charge is 0.295 e. The van der Waals surface area contributed by atoms with E-state index in [9.17, 15) is 19.8 Å². The van der Waals surface area contributed by atoms with E-state index in [0.29, 0.717) is 24.5 Å². The molecule has 0 spiro atoms. The van der Waals surface area contributed by atoms with Crippen LogP contribution in [0, 0.1) is 0 Å². The number of Topliss-reactive ketones (excluding diaryl/α,β-unsaturated/α-hetero) is 1. The van der Waals surface area contributed by atoms with Crippen molar-refractivity contribution in [2.75, 3.05) is 33.8 Å². The van der Waals surface area contributed by atoms with Crippen molar-refractivity contribution in [3.8, 4) is 11.5 Å². The van der Waals surface area contributed by atoms with Crippen LogP contribution in [0.25, 0.3) is 5.76 Å². The molecule has 0 saturated carbocycles. The maximum atomic E-state index is 13.1. The number of ketones is 1. The Morgan fingerprint density at radius 2 is 1.84 bits per heavy atom. The maximum absolute atomic E-state index is 13.1. The zero-order chi connectivity index (χ0) is 23.6. The molecule has 1 saturated heterocycles. The molecule has 1 aliphatic heterocycles. The molecule has 2 N–H and O–H groups in total. The van der Waals surface area contributed by atoms with E-state index < -0.39 is 23.5 Å². The van der Waals surface area contributed by atoms with Gasteiger partial charge in [-0.15, -0.1) is 0 Å². The fraction of sp³-hybridized carbons (Fsp3) is 0.304. The van der Waals surface area contributed by atoms with Crippen molar-refractivity contribution in [3.05, 3.63) is 63.1 Å². The first-order valence-corrected chi connectivity index (χ1v) is 10.8. The Bertz CT molecular complexity index is 1080. The molecule has 170 valence electrons. The number of hydrogen-bond acceptors (Lipinski definition) is 6. The summed E-state index contributed by atoms with van der Waals surface area (Å²) in [5.74, 6) is -1.64. The number of halogens is 2. The van der Waals surface area contributed by atoms with Gasteiger partial charge in [0.25, 0.3) is 11.7 Å². The lowest BCUT2D eigenvalue weighted by atomic mass is 9.95. The summed E-state index contributed by atoms with van der Waals surface area (Å²) in [6.07, 6.45) is 0. The summed E-state index contributed by atoms with van der Waals surface area (Å²) in [6.45, 7) is 2.96. The fourth-order valence-electron chi connectivity index (χ4n) is 3.55. The highest BCUT2D eigenvalue weighted by Crippen LogP contribution is 2.42. The summed E-state index contributed by atoms with van der Waals surface area (Å²) >= 11 is 12.4. The topological polar surface area (TPSA) is 90.3 Å². The first-order valence-electron chi connectivity index (χ1n) is 10.00. The van der Waals surface area contributed by atoms with Gasteiger partial charge < -0.3 is 24.7 Å². The van der Waals surface area contributed by atoms with Crippen molar-refractivity contribution in [2.45, 2.75) is 13.0 Å². The molecule has 1 unspecified atom stereocenters. The van der Waals surface area contributed by atoms with E-state index in [1.54, 1.807) is 18.2 Å². The number of phenolic OH excluding ortho intramolecular Hbond substituents is 1. The minimum Gasteiger partial charge on any atom is -0.507 e. The number of likely N-dealkylation sites (N-methyl/N-ethyl adjacent to an activating group) is 1. The summed E-state index contributed by atoms with van der Waals surface area (Å²) in [5.41, 5.74) is 0.550. The zero-order valence-corrected chi connectivity index (χ0v) is 19.4. The van der Waals surface area contributed by atoms with Crippen LogP contribution < -0.4 is 4.74 Å². The highest BCUT2D eigenvalue weighted by atomic mass is 35.5. The highest BCUT2D eigenvalue weighted by molar-refractivity contribution is 6.47. The third kappa shape index (κ3) is 4.70. The molecule has 3 rings (SSSR count). The van der Waals surface area contributed by atoms with E-state index in [-0.39, 0.29) is 33.5 Å². The molecule has 0 bridgehead atoms. The third-order valence-electron chi connectivity index (χ3n) is 5.12. The van der Waals surface area contributed by atoms with Crippen molar-refractivity contribution in [1.29, 1.82) is 0 Å². The van der Waals surface area contributed by atoms with E-state index in [1.807, 2.05) is 25.9 Å². The van der Waals surface area contributed by atoms with E-state index in [4.69, 9.17) is 27.9 Å². The third-order valence-corrected chi connectivity index (χ3v) is 5.75. The predicted octanol–water partition coefficient (Wildman–Crippen LogP) is 4.08. The Hall–Kier alpha value is -2.74. The Labute approximate surface area is 196 Å². The second-order valence-corrected chi connectivity index (χ2v) is 8.40. The van der Waals surface area contributed by atoms with Crippen molar-refractivity contribution in [1.82, 2.24) is 9.80 Å². The molecule has 0 aromatic heterocycles. The normalized spacial score (nSPS) is 17.9. The molecule has 2 aromatic rings. The van der Waals surface area contributed by atoms with Crippen LogP contribution in [0.15, 0.2) is 42.0 Å². The summed E-state index contributed by atoms with van der Waals surface area (Å²) in [4.78, 5) is 29.2. The van der Waals surface area contributed by atoms with Crippen molar-refractivity contribution < 1.29 is 24.5 Å². The monoisotopic (exact) mass is 478 g/mol. The predicted molar refractivity (Wildman–Crippen MR) is 123 cm³/mol. The van der Waals surface area contributed by atoms with Gasteiger partial charge in [-0.1, -0.05) is 29.3 Å². The average molecular weight is 479 g/mol. The molecular weight excluding hydrogens is 455 g/mol. The molecule has 1 heterocycles. The number of ether oxygens (including phenoxy) is 1. The summed E-state index contributed by atoms with van der Waals surface area (Å²) in [5, 5.41) is 21.3. The van der Waals surface area contributed by atoms with Gasteiger partial charge in [0.2, 0.25) is 0 Å². The number of carbonyl (C=O) groups excluding carboxylic acids is 2. The highest BCUT2D eigenvalue weighted by Gasteiger charge is 2.46. The molecule has 2 aromatic carbocycles. The number of carbonyl (C=O) groups is 2. The minimum atomic E-state index is -0.903. The molecule has 0 aliphatic carbocycles. The van der Waals surface area contributed by atoms with Gasteiger partial charge in [0.05, 0.1) is 28.3 Å². The molecule has 1 amide bonds. The van der Waals surface area contributed by atoms with Gasteiger partial charge >= 0.3 is 0 Å². The Morgan fingerprint density at radius 3 is 2.47 bits per heavy atom. The Kier molecular flexibility index (Phi) is 7.33. The van der Waals surface area contributed by atoms with Crippen LogP contribution in [-0.2, 0) is 9.59 Å². The average Bonchev–Trinajstić information content (AvgIpc) is 3.00. The number of aliphatic hydroxyl groups excluding tert-OH is 1.